The van der Waals surface area contributed by atoms with Gasteiger partial charge >= 0.3 is 5.97 Å². The SMILES string of the molecule is Cc1cc(C)c(C)c(N(C)CC(C)(C)C(=O)O)c1C. The molecule has 0 aliphatic carbocycles. The molecule has 3 heteroatoms. The molecule has 19 heavy (non-hydrogen) atoms. The van der Waals surface area contributed by atoms with E-state index in [-0.39, 0.29) is 0 Å². The molecule has 1 rings (SSSR count). The molecule has 106 valence electrons. The molecule has 1 aromatic rings. The average molecular weight is 263 g/mol. The summed E-state index contributed by atoms with van der Waals surface area (Å²) in [5.41, 5.74) is 5.35. The van der Waals surface area contributed by atoms with Gasteiger partial charge in [0.15, 0.2) is 0 Å². The lowest BCUT2D eigenvalue weighted by molar-refractivity contribution is -0.146. The smallest absolute Gasteiger partial charge is 0.310 e. The molecular weight excluding hydrogens is 238 g/mol. The Morgan fingerprint density at radius 1 is 1.16 bits per heavy atom. The molecule has 1 aromatic carbocycles. The molecule has 1 N–H and O–H groups in total. The van der Waals surface area contributed by atoms with Crippen molar-refractivity contribution < 1.29 is 9.90 Å². The molecule has 0 saturated heterocycles. The standard InChI is InChI=1S/C16H25NO2/c1-10-8-11(2)13(4)14(12(10)3)17(7)9-16(5,6)15(18)19/h8H,9H2,1-7H3,(H,18,19). The predicted molar refractivity (Wildman–Crippen MR) is 80.1 cm³/mol. The first kappa shape index (κ1) is 15.5. The lowest BCUT2D eigenvalue weighted by Gasteiger charge is -2.31. The van der Waals surface area contributed by atoms with Crippen molar-refractivity contribution in [1.29, 1.82) is 0 Å². The number of anilines is 1. The number of carbonyl (C=O) groups is 1. The second-order valence-electron chi connectivity index (χ2n) is 6.15. The van der Waals surface area contributed by atoms with E-state index in [1.165, 1.54) is 22.3 Å². The van der Waals surface area contributed by atoms with E-state index in [9.17, 15) is 9.90 Å². The summed E-state index contributed by atoms with van der Waals surface area (Å²) in [5, 5.41) is 9.26. The first-order valence-corrected chi connectivity index (χ1v) is 6.60. The quantitative estimate of drug-likeness (QED) is 0.904. The van der Waals surface area contributed by atoms with E-state index in [0.29, 0.717) is 6.54 Å². The van der Waals surface area contributed by atoms with Crippen LogP contribution in [-0.2, 0) is 4.79 Å². The maximum atomic E-state index is 11.3. The van der Waals surface area contributed by atoms with Gasteiger partial charge in [-0.1, -0.05) is 6.07 Å². The molecule has 0 radical (unpaired) electrons. The Labute approximate surface area is 116 Å². The van der Waals surface area contributed by atoms with Crippen LogP contribution in [0.4, 0.5) is 5.69 Å². The Morgan fingerprint density at radius 3 is 1.95 bits per heavy atom. The van der Waals surface area contributed by atoms with Crippen molar-refractivity contribution in [3.63, 3.8) is 0 Å². The van der Waals surface area contributed by atoms with E-state index < -0.39 is 11.4 Å². The van der Waals surface area contributed by atoms with Gasteiger partial charge in [0, 0.05) is 19.3 Å². The maximum Gasteiger partial charge on any atom is 0.310 e. The molecule has 0 spiro atoms. The second kappa shape index (κ2) is 5.24. The number of carboxylic acid groups (broad SMARTS) is 1. The van der Waals surface area contributed by atoms with Crippen LogP contribution in [0.5, 0.6) is 0 Å². The number of nitrogens with zero attached hydrogens (tertiary/aromatic N) is 1. The van der Waals surface area contributed by atoms with Crippen molar-refractivity contribution in [3.8, 4) is 0 Å². The van der Waals surface area contributed by atoms with Crippen LogP contribution in [0, 0.1) is 33.1 Å². The average Bonchev–Trinajstić information content (AvgIpc) is 2.25. The normalized spacial score (nSPS) is 11.5. The molecule has 0 heterocycles. The van der Waals surface area contributed by atoms with Crippen LogP contribution in [0.2, 0.25) is 0 Å². The van der Waals surface area contributed by atoms with E-state index in [4.69, 9.17) is 0 Å². The van der Waals surface area contributed by atoms with Gasteiger partial charge in [0.1, 0.15) is 0 Å². The van der Waals surface area contributed by atoms with Gasteiger partial charge in [-0.3, -0.25) is 4.79 Å². The molecule has 0 saturated carbocycles. The number of carboxylic acids is 1. The van der Waals surface area contributed by atoms with Crippen molar-refractivity contribution in [3.05, 3.63) is 28.3 Å². The highest BCUT2D eigenvalue weighted by Gasteiger charge is 2.29. The fourth-order valence-electron chi connectivity index (χ4n) is 2.51. The fraction of sp³-hybridized carbons (Fsp3) is 0.562. The number of benzene rings is 1. The highest BCUT2D eigenvalue weighted by atomic mass is 16.4. The van der Waals surface area contributed by atoms with Crippen molar-refractivity contribution in [1.82, 2.24) is 0 Å². The topological polar surface area (TPSA) is 40.5 Å². The summed E-state index contributed by atoms with van der Waals surface area (Å²) < 4.78 is 0. The van der Waals surface area contributed by atoms with Crippen LogP contribution in [-0.4, -0.2) is 24.7 Å². The van der Waals surface area contributed by atoms with E-state index in [0.717, 1.165) is 5.69 Å². The van der Waals surface area contributed by atoms with Crippen molar-refractivity contribution >= 4 is 11.7 Å². The Morgan fingerprint density at radius 2 is 1.58 bits per heavy atom. The Balaban J connectivity index is 3.21. The third-order valence-electron chi connectivity index (χ3n) is 3.92. The summed E-state index contributed by atoms with van der Waals surface area (Å²) in [6.07, 6.45) is 0. The summed E-state index contributed by atoms with van der Waals surface area (Å²) in [6.45, 7) is 12.4. The zero-order chi connectivity index (χ0) is 15.0. The van der Waals surface area contributed by atoms with Crippen LogP contribution < -0.4 is 4.90 Å². The Kier molecular flexibility index (Phi) is 4.28. The summed E-state index contributed by atoms with van der Waals surface area (Å²) in [4.78, 5) is 13.3. The van der Waals surface area contributed by atoms with Gasteiger partial charge < -0.3 is 10.0 Å². The van der Waals surface area contributed by atoms with Gasteiger partial charge in [-0.15, -0.1) is 0 Å². The van der Waals surface area contributed by atoms with Crippen LogP contribution in [0.1, 0.15) is 36.1 Å². The summed E-state index contributed by atoms with van der Waals surface area (Å²) in [6, 6.07) is 2.18. The first-order chi connectivity index (χ1) is 8.58. The number of hydrogen-bond donors (Lipinski definition) is 1. The highest BCUT2D eigenvalue weighted by molar-refractivity contribution is 5.75. The lowest BCUT2D eigenvalue weighted by Crippen LogP contribution is -2.38. The number of hydrogen-bond acceptors (Lipinski definition) is 2. The summed E-state index contributed by atoms with van der Waals surface area (Å²) in [5.74, 6) is -0.765. The van der Waals surface area contributed by atoms with E-state index in [2.05, 4.69) is 38.7 Å². The first-order valence-electron chi connectivity index (χ1n) is 6.60. The van der Waals surface area contributed by atoms with Crippen LogP contribution in [0.3, 0.4) is 0 Å². The van der Waals surface area contributed by atoms with Crippen molar-refractivity contribution in [2.45, 2.75) is 41.5 Å². The zero-order valence-electron chi connectivity index (χ0n) is 13.1. The molecular formula is C16H25NO2. The van der Waals surface area contributed by atoms with E-state index >= 15 is 0 Å². The molecule has 0 atom stereocenters. The Bertz CT molecular complexity index is 478. The van der Waals surface area contributed by atoms with Crippen molar-refractivity contribution in [2.24, 2.45) is 5.41 Å². The minimum Gasteiger partial charge on any atom is -0.481 e. The van der Waals surface area contributed by atoms with Crippen LogP contribution >= 0.6 is 0 Å². The second-order valence-corrected chi connectivity index (χ2v) is 6.15. The number of rotatable bonds is 4. The molecule has 0 amide bonds. The number of aliphatic carboxylic acids is 1. The van der Waals surface area contributed by atoms with E-state index in [1.54, 1.807) is 13.8 Å². The zero-order valence-corrected chi connectivity index (χ0v) is 13.1. The van der Waals surface area contributed by atoms with Gasteiger partial charge in [-0.2, -0.15) is 0 Å². The molecule has 0 fully saturated rings. The maximum absolute atomic E-state index is 11.3. The van der Waals surface area contributed by atoms with Crippen LogP contribution in [0.15, 0.2) is 6.07 Å². The van der Waals surface area contributed by atoms with Crippen LogP contribution in [0.25, 0.3) is 0 Å². The predicted octanol–water partition coefficient (Wildman–Crippen LogP) is 3.47. The molecule has 0 aliphatic rings. The fourth-order valence-corrected chi connectivity index (χ4v) is 2.51. The van der Waals surface area contributed by atoms with Crippen molar-refractivity contribution in [2.75, 3.05) is 18.5 Å². The number of aryl methyl sites for hydroxylation is 2. The summed E-state index contributed by atoms with van der Waals surface area (Å²) >= 11 is 0. The third kappa shape index (κ3) is 3.09. The van der Waals surface area contributed by atoms with Gasteiger partial charge in [-0.25, -0.2) is 0 Å². The molecule has 0 aromatic heterocycles. The molecule has 0 unspecified atom stereocenters. The monoisotopic (exact) mass is 263 g/mol. The Hall–Kier alpha value is -1.51. The summed E-state index contributed by atoms with van der Waals surface area (Å²) in [7, 11) is 1.97. The molecule has 3 nitrogen and oxygen atoms in total. The van der Waals surface area contributed by atoms with Gasteiger partial charge in [0.05, 0.1) is 5.41 Å². The molecule has 0 aliphatic heterocycles. The third-order valence-corrected chi connectivity index (χ3v) is 3.92. The lowest BCUT2D eigenvalue weighted by atomic mass is 9.91. The largest absolute Gasteiger partial charge is 0.481 e. The minimum absolute atomic E-state index is 0.493. The van der Waals surface area contributed by atoms with Gasteiger partial charge in [0.2, 0.25) is 0 Å². The van der Waals surface area contributed by atoms with Gasteiger partial charge in [-0.05, 0) is 63.8 Å². The molecule has 0 bridgehead atoms. The highest BCUT2D eigenvalue weighted by Crippen LogP contribution is 2.31. The van der Waals surface area contributed by atoms with Gasteiger partial charge in [0.25, 0.3) is 0 Å². The van der Waals surface area contributed by atoms with E-state index in [1.807, 2.05) is 7.05 Å². The minimum atomic E-state index is -0.765.